The number of hydrogen-bond acceptors (Lipinski definition) is 3. The zero-order chi connectivity index (χ0) is 9.68. The highest BCUT2D eigenvalue weighted by Crippen LogP contribution is 2.22. The Bertz CT molecular complexity index is 274. The molecule has 0 unspecified atom stereocenters. The van der Waals surface area contributed by atoms with Crippen molar-refractivity contribution >= 4 is 5.69 Å². The molecule has 3 N–H and O–H groups in total. The van der Waals surface area contributed by atoms with Crippen molar-refractivity contribution in [2.75, 3.05) is 18.9 Å². The molecule has 3 heteroatoms. The van der Waals surface area contributed by atoms with Crippen molar-refractivity contribution in [1.29, 1.82) is 0 Å². The Morgan fingerprint density at radius 3 is 2.92 bits per heavy atom. The van der Waals surface area contributed by atoms with Crippen molar-refractivity contribution in [2.45, 2.75) is 13.3 Å². The van der Waals surface area contributed by atoms with Crippen LogP contribution in [-0.2, 0) is 0 Å². The minimum absolute atomic E-state index is 0.145. The van der Waals surface area contributed by atoms with Gasteiger partial charge in [-0.05, 0) is 24.6 Å². The van der Waals surface area contributed by atoms with Gasteiger partial charge in [-0.15, -0.1) is 0 Å². The Labute approximate surface area is 78.1 Å². The van der Waals surface area contributed by atoms with E-state index in [0.717, 1.165) is 5.56 Å². The molecule has 1 rings (SSSR count). The van der Waals surface area contributed by atoms with Gasteiger partial charge >= 0.3 is 0 Å². The minimum atomic E-state index is 0.145. The van der Waals surface area contributed by atoms with E-state index in [2.05, 4.69) is 0 Å². The lowest BCUT2D eigenvalue weighted by Crippen LogP contribution is -2.02. The van der Waals surface area contributed by atoms with E-state index in [1.807, 2.05) is 25.1 Å². The largest absolute Gasteiger partial charge is 0.491 e. The quantitative estimate of drug-likeness (QED) is 0.544. The molecule has 0 aliphatic heterocycles. The van der Waals surface area contributed by atoms with Gasteiger partial charge in [-0.2, -0.15) is 0 Å². The molecule has 13 heavy (non-hydrogen) atoms. The fourth-order valence-corrected chi connectivity index (χ4v) is 1.01. The molecule has 0 aromatic heterocycles. The molecule has 1 aromatic rings. The van der Waals surface area contributed by atoms with Crippen LogP contribution in [0.2, 0.25) is 0 Å². The van der Waals surface area contributed by atoms with Gasteiger partial charge in [0.15, 0.2) is 0 Å². The third-order valence-corrected chi connectivity index (χ3v) is 1.73. The maximum atomic E-state index is 8.56. The summed E-state index contributed by atoms with van der Waals surface area (Å²) in [6.07, 6.45) is 0.632. The first-order valence-corrected chi connectivity index (χ1v) is 4.34. The van der Waals surface area contributed by atoms with Crippen molar-refractivity contribution in [2.24, 2.45) is 0 Å². The molecule has 72 valence electrons. The Balaban J connectivity index is 2.59. The molecule has 0 aliphatic carbocycles. The van der Waals surface area contributed by atoms with Crippen LogP contribution in [0.25, 0.3) is 0 Å². The van der Waals surface area contributed by atoms with Gasteiger partial charge in [0.2, 0.25) is 0 Å². The van der Waals surface area contributed by atoms with Crippen molar-refractivity contribution in [3.63, 3.8) is 0 Å². The summed E-state index contributed by atoms with van der Waals surface area (Å²) in [7, 11) is 0. The molecule has 3 nitrogen and oxygen atoms in total. The Kier molecular flexibility index (Phi) is 3.58. The summed E-state index contributed by atoms with van der Waals surface area (Å²) >= 11 is 0. The van der Waals surface area contributed by atoms with Gasteiger partial charge in [0.25, 0.3) is 0 Å². The van der Waals surface area contributed by atoms with Crippen LogP contribution in [0.1, 0.15) is 12.0 Å². The third-order valence-electron chi connectivity index (χ3n) is 1.73. The topological polar surface area (TPSA) is 55.5 Å². The molecule has 0 radical (unpaired) electrons. The van der Waals surface area contributed by atoms with Crippen LogP contribution < -0.4 is 10.5 Å². The first-order chi connectivity index (χ1) is 6.24. The average Bonchev–Trinajstić information content (AvgIpc) is 2.11. The Hall–Kier alpha value is -1.22. The summed E-state index contributed by atoms with van der Waals surface area (Å²) < 4.78 is 5.37. The van der Waals surface area contributed by atoms with Crippen LogP contribution in [0.4, 0.5) is 5.69 Å². The van der Waals surface area contributed by atoms with E-state index in [-0.39, 0.29) is 6.61 Å². The lowest BCUT2D eigenvalue weighted by molar-refractivity contribution is 0.234. The van der Waals surface area contributed by atoms with Crippen LogP contribution in [0.3, 0.4) is 0 Å². The number of rotatable bonds is 4. The highest BCUT2D eigenvalue weighted by molar-refractivity contribution is 5.53. The highest BCUT2D eigenvalue weighted by Gasteiger charge is 1.99. The van der Waals surface area contributed by atoms with Gasteiger partial charge in [-0.1, -0.05) is 6.07 Å². The van der Waals surface area contributed by atoms with E-state index in [9.17, 15) is 0 Å². The summed E-state index contributed by atoms with van der Waals surface area (Å²) in [5, 5.41) is 8.56. The number of aryl methyl sites for hydroxylation is 1. The van der Waals surface area contributed by atoms with Crippen molar-refractivity contribution in [3.8, 4) is 5.75 Å². The first kappa shape index (κ1) is 9.86. The molecule has 0 heterocycles. The molecule has 0 atom stereocenters. The molecule has 0 saturated carbocycles. The number of nitrogens with two attached hydrogens (primary N) is 1. The van der Waals surface area contributed by atoms with E-state index in [0.29, 0.717) is 24.5 Å². The fourth-order valence-electron chi connectivity index (χ4n) is 1.01. The zero-order valence-corrected chi connectivity index (χ0v) is 7.79. The highest BCUT2D eigenvalue weighted by atomic mass is 16.5. The van der Waals surface area contributed by atoms with Crippen LogP contribution in [0.5, 0.6) is 5.75 Å². The Morgan fingerprint density at radius 1 is 1.46 bits per heavy atom. The van der Waals surface area contributed by atoms with Crippen molar-refractivity contribution in [3.05, 3.63) is 23.8 Å². The lowest BCUT2D eigenvalue weighted by atomic mass is 10.2. The number of anilines is 1. The van der Waals surface area contributed by atoms with E-state index in [4.69, 9.17) is 15.6 Å². The number of benzene rings is 1. The summed E-state index contributed by atoms with van der Waals surface area (Å²) in [5.74, 6) is 0.702. The maximum Gasteiger partial charge on any atom is 0.142 e. The second-order valence-electron chi connectivity index (χ2n) is 2.97. The summed E-state index contributed by atoms with van der Waals surface area (Å²) in [6, 6.07) is 5.66. The molecule has 0 amide bonds. The van der Waals surface area contributed by atoms with Gasteiger partial charge < -0.3 is 15.6 Å². The number of aliphatic hydroxyl groups is 1. The summed E-state index contributed by atoms with van der Waals surface area (Å²) in [6.45, 7) is 2.63. The van der Waals surface area contributed by atoms with Gasteiger partial charge in [-0.3, -0.25) is 0 Å². The van der Waals surface area contributed by atoms with E-state index < -0.39 is 0 Å². The third kappa shape index (κ3) is 2.95. The van der Waals surface area contributed by atoms with E-state index in [1.165, 1.54) is 0 Å². The normalized spacial score (nSPS) is 10.0. The number of ether oxygens (including phenoxy) is 1. The van der Waals surface area contributed by atoms with Crippen molar-refractivity contribution < 1.29 is 9.84 Å². The number of hydrogen-bond donors (Lipinski definition) is 2. The van der Waals surface area contributed by atoms with Crippen LogP contribution in [-0.4, -0.2) is 18.3 Å². The summed E-state index contributed by atoms with van der Waals surface area (Å²) in [5.41, 5.74) is 7.45. The molecule has 0 bridgehead atoms. The van der Waals surface area contributed by atoms with Gasteiger partial charge in [0.1, 0.15) is 5.75 Å². The maximum absolute atomic E-state index is 8.56. The number of nitrogen functional groups attached to an aromatic ring is 1. The molecular formula is C10H15NO2. The second-order valence-corrected chi connectivity index (χ2v) is 2.97. The molecule has 0 fully saturated rings. The molecule has 1 aromatic carbocycles. The lowest BCUT2D eigenvalue weighted by Gasteiger charge is -2.08. The average molecular weight is 181 g/mol. The molecule has 0 aliphatic rings. The molecular weight excluding hydrogens is 166 g/mol. The molecule has 0 spiro atoms. The summed E-state index contributed by atoms with van der Waals surface area (Å²) in [4.78, 5) is 0. The monoisotopic (exact) mass is 181 g/mol. The minimum Gasteiger partial charge on any atom is -0.491 e. The zero-order valence-electron chi connectivity index (χ0n) is 7.79. The SMILES string of the molecule is Cc1ccc(N)c(OCCCO)c1. The van der Waals surface area contributed by atoms with Gasteiger partial charge in [-0.25, -0.2) is 0 Å². The first-order valence-electron chi connectivity index (χ1n) is 4.34. The van der Waals surface area contributed by atoms with Crippen molar-refractivity contribution in [1.82, 2.24) is 0 Å². The predicted molar refractivity (Wildman–Crippen MR) is 52.8 cm³/mol. The van der Waals surface area contributed by atoms with Gasteiger partial charge in [0.05, 0.1) is 12.3 Å². The number of aliphatic hydroxyl groups excluding tert-OH is 1. The fraction of sp³-hybridized carbons (Fsp3) is 0.400. The standard InChI is InChI=1S/C10H15NO2/c1-8-3-4-9(11)10(7-8)13-6-2-5-12/h3-4,7,12H,2,5-6,11H2,1H3. The van der Waals surface area contributed by atoms with Crippen LogP contribution in [0, 0.1) is 6.92 Å². The predicted octanol–water partition coefficient (Wildman–Crippen LogP) is 1.34. The molecule has 0 saturated heterocycles. The van der Waals surface area contributed by atoms with Gasteiger partial charge in [0, 0.05) is 13.0 Å². The van der Waals surface area contributed by atoms with Crippen LogP contribution in [0.15, 0.2) is 18.2 Å². The smallest absolute Gasteiger partial charge is 0.142 e. The second kappa shape index (κ2) is 4.72. The Morgan fingerprint density at radius 2 is 2.23 bits per heavy atom. The van der Waals surface area contributed by atoms with E-state index in [1.54, 1.807) is 0 Å². The van der Waals surface area contributed by atoms with Crippen LogP contribution >= 0.6 is 0 Å². The van der Waals surface area contributed by atoms with E-state index >= 15 is 0 Å².